The Morgan fingerprint density at radius 3 is 2.94 bits per heavy atom. The van der Waals surface area contributed by atoms with Crippen molar-refractivity contribution in [3.63, 3.8) is 0 Å². The van der Waals surface area contributed by atoms with Crippen LogP contribution in [-0.2, 0) is 22.6 Å². The topological polar surface area (TPSA) is 80.3 Å². The highest BCUT2D eigenvalue weighted by atomic mass is 32.1. The SMILES string of the molecule is COC(O)c1sccc1NC(=O)N1CCOc2ccc([C@H](C)OCc3cccc(F)c3)cc2C1. The Labute approximate surface area is 201 Å². The van der Waals surface area contributed by atoms with Gasteiger partial charge in [0.25, 0.3) is 0 Å². The lowest BCUT2D eigenvalue weighted by Crippen LogP contribution is -2.36. The number of methoxy groups -OCH3 is 1. The van der Waals surface area contributed by atoms with E-state index in [1.54, 1.807) is 22.4 Å². The molecule has 2 amide bonds. The van der Waals surface area contributed by atoms with Gasteiger partial charge < -0.3 is 29.5 Å². The lowest BCUT2D eigenvalue weighted by Gasteiger charge is -2.21. The van der Waals surface area contributed by atoms with Crippen molar-refractivity contribution in [3.8, 4) is 5.75 Å². The molecule has 0 aliphatic carbocycles. The van der Waals surface area contributed by atoms with Gasteiger partial charge in [-0.05, 0) is 53.8 Å². The maximum Gasteiger partial charge on any atom is 0.322 e. The molecule has 1 aliphatic heterocycles. The fourth-order valence-electron chi connectivity index (χ4n) is 3.70. The second kappa shape index (κ2) is 11.0. The zero-order valence-corrected chi connectivity index (χ0v) is 19.8. The highest BCUT2D eigenvalue weighted by molar-refractivity contribution is 7.10. The number of aliphatic hydroxyl groups is 1. The molecule has 2 heterocycles. The van der Waals surface area contributed by atoms with Gasteiger partial charge in [0.1, 0.15) is 18.2 Å². The Morgan fingerprint density at radius 2 is 2.15 bits per heavy atom. The van der Waals surface area contributed by atoms with Crippen LogP contribution in [0.15, 0.2) is 53.9 Å². The number of carbonyl (C=O) groups excluding carboxylic acids is 1. The summed E-state index contributed by atoms with van der Waals surface area (Å²) in [6.45, 7) is 3.36. The molecule has 34 heavy (non-hydrogen) atoms. The van der Waals surface area contributed by atoms with E-state index in [4.69, 9.17) is 14.2 Å². The molecular weight excluding hydrogens is 459 g/mol. The predicted molar refractivity (Wildman–Crippen MR) is 127 cm³/mol. The summed E-state index contributed by atoms with van der Waals surface area (Å²) < 4.78 is 30.2. The summed E-state index contributed by atoms with van der Waals surface area (Å²) >= 11 is 1.30. The van der Waals surface area contributed by atoms with E-state index in [0.717, 1.165) is 22.4 Å². The summed E-state index contributed by atoms with van der Waals surface area (Å²) in [5.41, 5.74) is 3.08. The fourth-order valence-corrected chi connectivity index (χ4v) is 4.51. The largest absolute Gasteiger partial charge is 0.491 e. The number of nitrogens with one attached hydrogen (secondary N) is 1. The molecule has 3 aromatic rings. The van der Waals surface area contributed by atoms with E-state index in [-0.39, 0.29) is 24.6 Å². The summed E-state index contributed by atoms with van der Waals surface area (Å²) in [6.07, 6.45) is -1.33. The number of rotatable bonds is 7. The van der Waals surface area contributed by atoms with Crippen LogP contribution in [0.4, 0.5) is 14.9 Å². The minimum atomic E-state index is -1.10. The van der Waals surface area contributed by atoms with E-state index in [0.29, 0.717) is 30.3 Å². The zero-order valence-electron chi connectivity index (χ0n) is 19.0. The van der Waals surface area contributed by atoms with Crippen LogP contribution in [0.2, 0.25) is 0 Å². The first-order valence-corrected chi connectivity index (χ1v) is 11.8. The Bertz CT molecular complexity index is 1140. The molecule has 2 atom stereocenters. The van der Waals surface area contributed by atoms with Crippen LogP contribution in [0.3, 0.4) is 0 Å². The standard InChI is InChI=1S/C25H27FN2O5S/c1-16(33-15-17-4-3-5-20(26)12-17)18-6-7-22-19(13-18)14-28(9-10-32-22)25(30)27-21-8-11-34-23(21)24(29)31-2/h3-8,11-13,16,24,29H,9-10,14-15H2,1-2H3,(H,27,30)/t16-,24?/m0/s1. The molecule has 9 heteroatoms. The van der Waals surface area contributed by atoms with Crippen molar-refractivity contribution in [2.75, 3.05) is 25.6 Å². The molecule has 1 aliphatic rings. The van der Waals surface area contributed by atoms with Crippen LogP contribution in [-0.4, -0.2) is 36.3 Å². The molecule has 0 radical (unpaired) electrons. The molecular formula is C25H27FN2O5S. The first kappa shape index (κ1) is 24.2. The third kappa shape index (κ3) is 5.74. The van der Waals surface area contributed by atoms with E-state index in [1.807, 2.05) is 31.2 Å². The summed E-state index contributed by atoms with van der Waals surface area (Å²) in [5, 5.41) is 14.6. The Balaban J connectivity index is 1.44. The van der Waals surface area contributed by atoms with Crippen molar-refractivity contribution in [1.82, 2.24) is 4.90 Å². The molecule has 0 bridgehead atoms. The third-order valence-electron chi connectivity index (χ3n) is 5.59. The number of urea groups is 1. The van der Waals surface area contributed by atoms with Crippen LogP contribution in [0.1, 0.15) is 40.9 Å². The molecule has 1 unspecified atom stereocenters. The van der Waals surface area contributed by atoms with Crippen LogP contribution < -0.4 is 10.1 Å². The van der Waals surface area contributed by atoms with Gasteiger partial charge in [0, 0.05) is 12.7 Å². The second-order valence-electron chi connectivity index (χ2n) is 7.94. The lowest BCUT2D eigenvalue weighted by molar-refractivity contribution is -0.0738. The average Bonchev–Trinajstić information content (AvgIpc) is 3.18. The van der Waals surface area contributed by atoms with Crippen molar-refractivity contribution in [2.24, 2.45) is 0 Å². The molecule has 0 fully saturated rings. The Kier molecular flexibility index (Phi) is 7.79. The number of benzene rings is 2. The zero-order chi connectivity index (χ0) is 24.1. The van der Waals surface area contributed by atoms with Crippen molar-refractivity contribution in [1.29, 1.82) is 0 Å². The summed E-state index contributed by atoms with van der Waals surface area (Å²) in [6, 6.07) is 13.6. The number of nitrogens with zero attached hydrogens (tertiary/aromatic N) is 1. The number of fused-ring (bicyclic) bond motifs is 1. The van der Waals surface area contributed by atoms with Gasteiger partial charge in [-0.3, -0.25) is 0 Å². The Hall–Kier alpha value is -2.98. The van der Waals surface area contributed by atoms with Crippen LogP contribution in [0, 0.1) is 5.82 Å². The minimum absolute atomic E-state index is 0.233. The molecule has 7 nitrogen and oxygen atoms in total. The molecule has 0 saturated carbocycles. The maximum absolute atomic E-state index is 13.4. The minimum Gasteiger partial charge on any atom is -0.491 e. The third-order valence-corrected chi connectivity index (χ3v) is 6.54. The van der Waals surface area contributed by atoms with Crippen molar-refractivity contribution in [2.45, 2.75) is 32.5 Å². The predicted octanol–water partition coefficient (Wildman–Crippen LogP) is 5.23. The second-order valence-corrected chi connectivity index (χ2v) is 8.88. The van der Waals surface area contributed by atoms with E-state index < -0.39 is 6.29 Å². The highest BCUT2D eigenvalue weighted by Crippen LogP contribution is 2.31. The number of hydrogen-bond acceptors (Lipinski definition) is 6. The number of thiophene rings is 1. The van der Waals surface area contributed by atoms with Gasteiger partial charge in [-0.1, -0.05) is 18.2 Å². The van der Waals surface area contributed by atoms with Crippen molar-refractivity contribution in [3.05, 3.63) is 81.3 Å². The fraction of sp³-hybridized carbons (Fsp3) is 0.320. The van der Waals surface area contributed by atoms with Crippen molar-refractivity contribution < 1.29 is 28.5 Å². The molecule has 0 spiro atoms. The summed E-state index contributed by atoms with van der Waals surface area (Å²) in [7, 11) is 1.40. The highest BCUT2D eigenvalue weighted by Gasteiger charge is 2.23. The molecule has 1 aromatic heterocycles. The van der Waals surface area contributed by atoms with E-state index in [9.17, 15) is 14.3 Å². The number of carbonyl (C=O) groups is 1. The first-order chi connectivity index (χ1) is 16.4. The van der Waals surface area contributed by atoms with E-state index >= 15 is 0 Å². The molecule has 2 aromatic carbocycles. The van der Waals surface area contributed by atoms with Gasteiger partial charge in [-0.2, -0.15) is 0 Å². The number of hydrogen-bond donors (Lipinski definition) is 2. The number of anilines is 1. The van der Waals surface area contributed by atoms with Gasteiger partial charge in [-0.15, -0.1) is 11.3 Å². The number of halogens is 1. The van der Waals surface area contributed by atoms with Crippen LogP contribution >= 0.6 is 11.3 Å². The van der Waals surface area contributed by atoms with Gasteiger partial charge in [0.15, 0.2) is 6.29 Å². The molecule has 0 saturated heterocycles. The monoisotopic (exact) mass is 486 g/mol. The van der Waals surface area contributed by atoms with Gasteiger partial charge in [-0.25, -0.2) is 9.18 Å². The smallest absolute Gasteiger partial charge is 0.322 e. The molecule has 180 valence electrons. The van der Waals surface area contributed by atoms with Crippen molar-refractivity contribution >= 4 is 23.1 Å². The normalized spacial score (nSPS) is 15.1. The number of ether oxygens (including phenoxy) is 3. The molecule has 2 N–H and O–H groups in total. The maximum atomic E-state index is 13.4. The van der Waals surface area contributed by atoms with Gasteiger partial charge >= 0.3 is 6.03 Å². The molecule has 4 rings (SSSR count). The number of amides is 2. The average molecular weight is 487 g/mol. The summed E-state index contributed by atoms with van der Waals surface area (Å²) in [5.74, 6) is 0.433. The van der Waals surface area contributed by atoms with Crippen LogP contribution in [0.5, 0.6) is 5.75 Å². The quantitative estimate of drug-likeness (QED) is 0.447. The number of aliphatic hydroxyl groups excluding tert-OH is 1. The first-order valence-electron chi connectivity index (χ1n) is 10.9. The van der Waals surface area contributed by atoms with Crippen LogP contribution in [0.25, 0.3) is 0 Å². The Morgan fingerprint density at radius 1 is 1.29 bits per heavy atom. The lowest BCUT2D eigenvalue weighted by atomic mass is 10.1. The van der Waals surface area contributed by atoms with E-state index in [1.165, 1.54) is 30.6 Å². The van der Waals surface area contributed by atoms with Gasteiger partial charge in [0.05, 0.1) is 36.4 Å². The summed E-state index contributed by atoms with van der Waals surface area (Å²) in [4.78, 5) is 15.2. The van der Waals surface area contributed by atoms with E-state index in [2.05, 4.69) is 5.32 Å². The van der Waals surface area contributed by atoms with Gasteiger partial charge in [0.2, 0.25) is 0 Å².